The molecule has 0 heterocycles. The van der Waals surface area contributed by atoms with E-state index in [1.165, 1.54) is 0 Å². The zero-order valence-corrected chi connectivity index (χ0v) is 11.4. The summed E-state index contributed by atoms with van der Waals surface area (Å²) in [5.41, 5.74) is -0.222. The van der Waals surface area contributed by atoms with Gasteiger partial charge in [-0.15, -0.1) is 0 Å². The molecule has 3 nitrogen and oxygen atoms in total. The van der Waals surface area contributed by atoms with Gasteiger partial charge >= 0.3 is 0 Å². The molecule has 0 aliphatic rings. The Labute approximate surface area is 99.0 Å². The molecule has 0 bridgehead atoms. The summed E-state index contributed by atoms with van der Waals surface area (Å²) in [6.45, 7) is 11.7. The Bertz CT molecular complexity index is 251. The molecule has 3 heteroatoms. The minimum Gasteiger partial charge on any atom is -0.346 e. The van der Waals surface area contributed by atoms with Gasteiger partial charge in [-0.1, -0.05) is 41.5 Å². The molecule has 0 radical (unpaired) electrons. The lowest BCUT2D eigenvalue weighted by Crippen LogP contribution is -2.49. The second kappa shape index (κ2) is 6.02. The van der Waals surface area contributed by atoms with Crippen LogP contribution in [0.3, 0.4) is 0 Å². The van der Waals surface area contributed by atoms with Crippen LogP contribution in [0.1, 0.15) is 54.4 Å². The summed E-state index contributed by atoms with van der Waals surface area (Å²) in [4.78, 5) is 23.4. The van der Waals surface area contributed by atoms with Crippen molar-refractivity contribution >= 4 is 11.7 Å². The van der Waals surface area contributed by atoms with Crippen molar-refractivity contribution in [2.45, 2.75) is 60.4 Å². The van der Waals surface area contributed by atoms with Crippen LogP contribution >= 0.6 is 0 Å². The average molecular weight is 227 g/mol. The molecule has 0 saturated heterocycles. The molecule has 0 aromatic carbocycles. The van der Waals surface area contributed by atoms with Crippen molar-refractivity contribution in [3.05, 3.63) is 0 Å². The van der Waals surface area contributed by atoms with E-state index in [4.69, 9.17) is 0 Å². The Morgan fingerprint density at radius 1 is 1.19 bits per heavy atom. The molecule has 1 N–H and O–H groups in total. The molecule has 0 aromatic rings. The first-order chi connectivity index (χ1) is 7.18. The molecule has 94 valence electrons. The van der Waals surface area contributed by atoms with E-state index < -0.39 is 0 Å². The zero-order chi connectivity index (χ0) is 12.9. The van der Waals surface area contributed by atoms with Crippen LogP contribution in [0.25, 0.3) is 0 Å². The lowest BCUT2D eigenvalue weighted by Gasteiger charge is -2.30. The molecule has 0 aliphatic carbocycles. The smallest absolute Gasteiger partial charge is 0.220 e. The van der Waals surface area contributed by atoms with Gasteiger partial charge < -0.3 is 5.32 Å². The standard InChI is InChI=1S/C13H25NO2/c1-7-10(15)12(13(4,5)6)14-11(16)8-9(2)3/h9,12H,7-8H2,1-6H3,(H,14,16). The third-order valence-corrected chi connectivity index (χ3v) is 2.44. The Morgan fingerprint density at radius 2 is 1.69 bits per heavy atom. The second-order valence-electron chi connectivity index (χ2n) is 5.78. The fourth-order valence-electron chi connectivity index (χ4n) is 1.57. The van der Waals surface area contributed by atoms with E-state index in [1.54, 1.807) is 0 Å². The van der Waals surface area contributed by atoms with E-state index in [1.807, 2.05) is 41.5 Å². The van der Waals surface area contributed by atoms with Gasteiger partial charge in [-0.3, -0.25) is 9.59 Å². The van der Waals surface area contributed by atoms with Gasteiger partial charge in [-0.05, 0) is 11.3 Å². The molecular weight excluding hydrogens is 202 g/mol. The van der Waals surface area contributed by atoms with Gasteiger partial charge in [0.05, 0.1) is 6.04 Å². The Morgan fingerprint density at radius 3 is 2.00 bits per heavy atom. The molecule has 1 atom stereocenters. The summed E-state index contributed by atoms with van der Waals surface area (Å²) in [5.74, 6) is 0.388. The predicted octanol–water partition coefficient (Wildman–Crippen LogP) is 2.54. The zero-order valence-electron chi connectivity index (χ0n) is 11.4. The number of ketones is 1. The maximum Gasteiger partial charge on any atom is 0.220 e. The van der Waals surface area contributed by atoms with E-state index in [0.29, 0.717) is 18.8 Å². The lowest BCUT2D eigenvalue weighted by atomic mass is 9.83. The molecule has 0 fully saturated rings. The number of amides is 1. The maximum atomic E-state index is 11.8. The van der Waals surface area contributed by atoms with E-state index in [-0.39, 0.29) is 23.1 Å². The number of carbonyl (C=O) groups is 2. The molecule has 0 aromatic heterocycles. The highest BCUT2D eigenvalue weighted by atomic mass is 16.2. The first kappa shape index (κ1) is 15.1. The van der Waals surface area contributed by atoms with Crippen LogP contribution in [-0.2, 0) is 9.59 Å². The second-order valence-corrected chi connectivity index (χ2v) is 5.78. The summed E-state index contributed by atoms with van der Waals surface area (Å²) in [6.07, 6.45) is 0.938. The highest BCUT2D eigenvalue weighted by Crippen LogP contribution is 2.21. The van der Waals surface area contributed by atoms with Gasteiger partial charge in [0.25, 0.3) is 0 Å². The molecule has 0 spiro atoms. The van der Waals surface area contributed by atoms with E-state index in [0.717, 1.165) is 0 Å². The average Bonchev–Trinajstić information content (AvgIpc) is 2.10. The van der Waals surface area contributed by atoms with Crippen LogP contribution in [0.15, 0.2) is 0 Å². The van der Waals surface area contributed by atoms with Crippen LogP contribution in [0.4, 0.5) is 0 Å². The fourth-order valence-corrected chi connectivity index (χ4v) is 1.57. The third kappa shape index (κ3) is 5.29. The largest absolute Gasteiger partial charge is 0.346 e. The number of nitrogens with one attached hydrogen (secondary N) is 1. The SMILES string of the molecule is CCC(=O)C(NC(=O)CC(C)C)C(C)(C)C. The summed E-state index contributed by atoms with van der Waals surface area (Å²) in [5, 5.41) is 2.85. The Hall–Kier alpha value is -0.860. The monoisotopic (exact) mass is 227 g/mol. The summed E-state index contributed by atoms with van der Waals surface area (Å²) >= 11 is 0. The van der Waals surface area contributed by atoms with Crippen LogP contribution in [0.5, 0.6) is 0 Å². The molecule has 1 amide bonds. The highest BCUT2D eigenvalue weighted by Gasteiger charge is 2.31. The van der Waals surface area contributed by atoms with Crippen molar-refractivity contribution in [1.82, 2.24) is 5.32 Å². The predicted molar refractivity (Wildman–Crippen MR) is 66.1 cm³/mol. The van der Waals surface area contributed by atoms with Gasteiger partial charge in [-0.25, -0.2) is 0 Å². The van der Waals surface area contributed by atoms with Crippen molar-refractivity contribution in [3.63, 3.8) is 0 Å². The van der Waals surface area contributed by atoms with E-state index >= 15 is 0 Å². The van der Waals surface area contributed by atoms with Crippen molar-refractivity contribution in [1.29, 1.82) is 0 Å². The van der Waals surface area contributed by atoms with Gasteiger partial charge in [0.1, 0.15) is 0 Å². The minimum atomic E-state index is -0.372. The Balaban J connectivity index is 4.57. The van der Waals surface area contributed by atoms with Gasteiger partial charge in [0, 0.05) is 12.8 Å². The highest BCUT2D eigenvalue weighted by molar-refractivity contribution is 5.89. The molecule has 0 rings (SSSR count). The normalized spacial score (nSPS) is 13.7. The Kier molecular flexibility index (Phi) is 5.70. The first-order valence-electron chi connectivity index (χ1n) is 6.00. The van der Waals surface area contributed by atoms with Crippen LogP contribution in [0.2, 0.25) is 0 Å². The van der Waals surface area contributed by atoms with Crippen LogP contribution < -0.4 is 5.32 Å². The van der Waals surface area contributed by atoms with Crippen LogP contribution in [0, 0.1) is 11.3 Å². The van der Waals surface area contributed by atoms with E-state index in [9.17, 15) is 9.59 Å². The first-order valence-corrected chi connectivity index (χ1v) is 6.00. The number of carbonyl (C=O) groups excluding carboxylic acids is 2. The summed E-state index contributed by atoms with van der Waals surface area (Å²) in [6, 6.07) is -0.372. The molecule has 16 heavy (non-hydrogen) atoms. The van der Waals surface area contributed by atoms with Crippen molar-refractivity contribution in [3.8, 4) is 0 Å². The number of hydrogen-bond donors (Lipinski definition) is 1. The van der Waals surface area contributed by atoms with Crippen molar-refractivity contribution < 1.29 is 9.59 Å². The third-order valence-electron chi connectivity index (χ3n) is 2.44. The molecule has 1 unspecified atom stereocenters. The van der Waals surface area contributed by atoms with Crippen LogP contribution in [-0.4, -0.2) is 17.7 Å². The molecular formula is C13H25NO2. The quantitative estimate of drug-likeness (QED) is 0.784. The summed E-state index contributed by atoms with van der Waals surface area (Å²) in [7, 11) is 0. The van der Waals surface area contributed by atoms with E-state index in [2.05, 4.69) is 5.32 Å². The number of rotatable bonds is 5. The van der Waals surface area contributed by atoms with Gasteiger partial charge in [0.15, 0.2) is 5.78 Å². The molecule has 0 aliphatic heterocycles. The fraction of sp³-hybridized carbons (Fsp3) is 0.846. The number of hydrogen-bond acceptors (Lipinski definition) is 2. The topological polar surface area (TPSA) is 46.2 Å². The molecule has 0 saturated carbocycles. The van der Waals surface area contributed by atoms with Gasteiger partial charge in [0.2, 0.25) is 5.91 Å². The number of Topliss-reactive ketones (excluding diaryl/α,β-unsaturated/α-hetero) is 1. The van der Waals surface area contributed by atoms with Crippen molar-refractivity contribution in [2.24, 2.45) is 11.3 Å². The van der Waals surface area contributed by atoms with Gasteiger partial charge in [-0.2, -0.15) is 0 Å². The summed E-state index contributed by atoms with van der Waals surface area (Å²) < 4.78 is 0. The minimum absolute atomic E-state index is 0.0308. The van der Waals surface area contributed by atoms with Crippen molar-refractivity contribution in [2.75, 3.05) is 0 Å². The lowest BCUT2D eigenvalue weighted by molar-refractivity contribution is -0.130. The maximum absolute atomic E-state index is 11.8.